The van der Waals surface area contributed by atoms with Crippen LogP contribution in [0.4, 0.5) is 30.4 Å². The number of alkyl halides is 3. The van der Waals surface area contributed by atoms with Gasteiger partial charge in [-0.1, -0.05) is 0 Å². The normalized spacial score (nSPS) is 19.2. The Labute approximate surface area is 188 Å². The molecule has 0 fully saturated rings. The minimum absolute atomic E-state index is 0.0222. The fraction of sp³-hybridized carbons (Fsp3) is 0.348. The Bertz CT molecular complexity index is 1280. The molecule has 1 aliphatic rings. The molecule has 2 heterocycles. The number of nitrogen functional groups attached to an aromatic ring is 1. The second kappa shape index (κ2) is 7.58. The summed E-state index contributed by atoms with van der Waals surface area (Å²) in [6, 6.07) is 6.52. The van der Waals surface area contributed by atoms with E-state index in [1.807, 2.05) is 0 Å². The highest BCUT2D eigenvalue weighted by molar-refractivity contribution is 6.09. The van der Waals surface area contributed by atoms with Crippen molar-refractivity contribution in [2.24, 2.45) is 0 Å². The first-order valence-electron chi connectivity index (χ1n) is 10.3. The van der Waals surface area contributed by atoms with Crippen LogP contribution in [-0.4, -0.2) is 30.0 Å². The van der Waals surface area contributed by atoms with Crippen molar-refractivity contribution < 1.29 is 22.7 Å². The van der Waals surface area contributed by atoms with Crippen LogP contribution in [0.1, 0.15) is 42.4 Å². The van der Waals surface area contributed by atoms with Crippen molar-refractivity contribution in [2.45, 2.75) is 38.6 Å². The molecule has 0 bridgehead atoms. The van der Waals surface area contributed by atoms with Crippen LogP contribution in [0.25, 0.3) is 10.9 Å². The van der Waals surface area contributed by atoms with Gasteiger partial charge in [0.1, 0.15) is 11.6 Å². The summed E-state index contributed by atoms with van der Waals surface area (Å²) >= 11 is 0. The number of carbonyl (C=O) groups is 1. The van der Waals surface area contributed by atoms with Gasteiger partial charge >= 0.3 is 6.18 Å². The minimum atomic E-state index is -4.51. The van der Waals surface area contributed by atoms with Gasteiger partial charge in [-0.25, -0.2) is 9.97 Å². The van der Waals surface area contributed by atoms with Gasteiger partial charge in [-0.3, -0.25) is 4.79 Å². The predicted molar refractivity (Wildman–Crippen MR) is 120 cm³/mol. The molecule has 3 aromatic rings. The lowest BCUT2D eigenvalue weighted by Gasteiger charge is -2.21. The van der Waals surface area contributed by atoms with Crippen molar-refractivity contribution in [1.82, 2.24) is 9.97 Å². The highest BCUT2D eigenvalue weighted by Crippen LogP contribution is 2.44. The molecule has 0 saturated heterocycles. The number of nitrogens with zero attached hydrogens (tertiary/aromatic N) is 3. The SMILES string of the molecule is CO[C@]1(C)C(=O)N(C)c2cc3c(N[C@H](C)c4cc(N)cc(C(F)(F)F)c4)nc(C)nc3cc21. The first-order valence-corrected chi connectivity index (χ1v) is 10.3. The summed E-state index contributed by atoms with van der Waals surface area (Å²) in [5.74, 6) is 0.704. The van der Waals surface area contributed by atoms with Crippen LogP contribution >= 0.6 is 0 Å². The monoisotopic (exact) mass is 459 g/mol. The Morgan fingerprint density at radius 3 is 2.52 bits per heavy atom. The second-order valence-corrected chi connectivity index (χ2v) is 8.36. The predicted octanol–water partition coefficient (Wildman–Crippen LogP) is 4.55. The lowest BCUT2D eigenvalue weighted by molar-refractivity contribution is -0.138. The third kappa shape index (κ3) is 3.74. The van der Waals surface area contributed by atoms with Crippen molar-refractivity contribution >= 4 is 34.0 Å². The van der Waals surface area contributed by atoms with E-state index in [1.165, 1.54) is 18.1 Å². The molecule has 1 amide bonds. The molecular weight excluding hydrogens is 435 g/mol. The van der Waals surface area contributed by atoms with Crippen LogP contribution in [-0.2, 0) is 21.3 Å². The summed E-state index contributed by atoms with van der Waals surface area (Å²) < 4.78 is 45.3. The zero-order chi connectivity index (χ0) is 24.3. The first kappa shape index (κ1) is 22.8. The van der Waals surface area contributed by atoms with Crippen LogP contribution in [0.2, 0.25) is 0 Å². The molecule has 0 spiro atoms. The van der Waals surface area contributed by atoms with Crippen molar-refractivity contribution in [3.63, 3.8) is 0 Å². The molecule has 0 unspecified atom stereocenters. The summed E-state index contributed by atoms with van der Waals surface area (Å²) in [5, 5.41) is 3.82. The molecule has 10 heteroatoms. The topological polar surface area (TPSA) is 93.4 Å². The molecule has 2 aromatic carbocycles. The average Bonchev–Trinajstić information content (AvgIpc) is 2.92. The van der Waals surface area contributed by atoms with Gasteiger partial charge in [-0.15, -0.1) is 0 Å². The van der Waals surface area contributed by atoms with E-state index >= 15 is 0 Å². The fourth-order valence-corrected chi connectivity index (χ4v) is 4.17. The molecule has 0 radical (unpaired) electrons. The van der Waals surface area contributed by atoms with Crippen LogP contribution in [0.5, 0.6) is 0 Å². The highest BCUT2D eigenvalue weighted by atomic mass is 19.4. The number of anilines is 3. The third-order valence-corrected chi connectivity index (χ3v) is 6.08. The zero-order valence-corrected chi connectivity index (χ0v) is 18.8. The molecule has 33 heavy (non-hydrogen) atoms. The lowest BCUT2D eigenvalue weighted by Crippen LogP contribution is -2.37. The number of hydrogen-bond acceptors (Lipinski definition) is 6. The van der Waals surface area contributed by atoms with Crippen molar-refractivity contribution in [2.75, 3.05) is 30.1 Å². The maximum absolute atomic E-state index is 13.2. The van der Waals surface area contributed by atoms with Crippen LogP contribution in [0.3, 0.4) is 0 Å². The third-order valence-electron chi connectivity index (χ3n) is 6.08. The zero-order valence-electron chi connectivity index (χ0n) is 18.8. The fourth-order valence-electron chi connectivity index (χ4n) is 4.17. The summed E-state index contributed by atoms with van der Waals surface area (Å²) in [5.41, 5.74) is 6.11. The second-order valence-electron chi connectivity index (χ2n) is 8.36. The number of fused-ring (bicyclic) bond motifs is 2. The maximum atomic E-state index is 13.2. The van der Waals surface area contributed by atoms with E-state index in [1.54, 1.807) is 40.0 Å². The van der Waals surface area contributed by atoms with Gasteiger partial charge in [0, 0.05) is 30.8 Å². The maximum Gasteiger partial charge on any atom is 0.416 e. The average molecular weight is 459 g/mol. The number of nitrogens with one attached hydrogen (secondary N) is 1. The number of aromatic nitrogens is 2. The van der Waals surface area contributed by atoms with Gasteiger partial charge in [-0.05, 0) is 56.7 Å². The Kier molecular flexibility index (Phi) is 5.24. The smallest absolute Gasteiger partial charge is 0.399 e. The van der Waals surface area contributed by atoms with Crippen molar-refractivity contribution in [1.29, 1.82) is 0 Å². The van der Waals surface area contributed by atoms with Crippen molar-refractivity contribution in [3.05, 3.63) is 52.8 Å². The van der Waals surface area contributed by atoms with Gasteiger partial charge in [0.25, 0.3) is 5.91 Å². The molecule has 0 saturated carbocycles. The number of rotatable bonds is 4. The number of nitrogens with two attached hydrogens (primary N) is 1. The van der Waals surface area contributed by atoms with Crippen LogP contribution in [0, 0.1) is 6.92 Å². The van der Waals surface area contributed by atoms with E-state index in [0.29, 0.717) is 39.4 Å². The molecule has 1 aromatic heterocycles. The molecular formula is C23H24F3N5O2. The minimum Gasteiger partial charge on any atom is -0.399 e. The van der Waals surface area contributed by atoms with E-state index in [4.69, 9.17) is 10.5 Å². The quantitative estimate of drug-likeness (QED) is 0.556. The number of halogens is 3. The Morgan fingerprint density at radius 1 is 1.18 bits per heavy atom. The van der Waals surface area contributed by atoms with Crippen molar-refractivity contribution in [3.8, 4) is 0 Å². The summed E-state index contributed by atoms with van der Waals surface area (Å²) in [7, 11) is 3.14. The molecule has 2 atom stereocenters. The number of carbonyl (C=O) groups excluding carboxylic acids is 1. The van der Waals surface area contributed by atoms with Gasteiger partial charge in [-0.2, -0.15) is 13.2 Å². The van der Waals surface area contributed by atoms with E-state index in [-0.39, 0.29) is 11.6 Å². The van der Waals surface area contributed by atoms with E-state index < -0.39 is 23.4 Å². The van der Waals surface area contributed by atoms with Crippen LogP contribution < -0.4 is 16.0 Å². The van der Waals surface area contributed by atoms with Gasteiger partial charge < -0.3 is 20.7 Å². The first-order chi connectivity index (χ1) is 15.3. The number of benzene rings is 2. The summed E-state index contributed by atoms with van der Waals surface area (Å²) in [6.07, 6.45) is -4.51. The molecule has 174 valence electrons. The number of ether oxygens (including phenoxy) is 1. The van der Waals surface area contributed by atoms with E-state index in [9.17, 15) is 18.0 Å². The lowest BCUT2D eigenvalue weighted by atomic mass is 9.96. The number of likely N-dealkylation sites (N-methyl/N-ethyl adjacent to an activating group) is 1. The van der Waals surface area contributed by atoms with E-state index in [2.05, 4.69) is 15.3 Å². The van der Waals surface area contributed by atoms with Gasteiger partial charge in [0.15, 0.2) is 5.60 Å². The molecule has 3 N–H and O–H groups in total. The molecule has 1 aliphatic heterocycles. The van der Waals surface area contributed by atoms with Gasteiger partial charge in [0.05, 0.1) is 22.8 Å². The Balaban J connectivity index is 1.80. The Hall–Kier alpha value is -3.40. The summed E-state index contributed by atoms with van der Waals surface area (Å²) in [6.45, 7) is 5.15. The number of amides is 1. The molecule has 4 rings (SSSR count). The summed E-state index contributed by atoms with van der Waals surface area (Å²) in [4.78, 5) is 23.3. The standard InChI is InChI=1S/C23H24F3N5O2/c1-11(13-6-14(23(24,25)26)8-15(27)7-13)28-20-16-9-19-17(10-18(16)29-12(2)30-20)22(3,33-5)21(32)31(19)4/h6-11H,27H2,1-5H3,(H,28,29,30)/t11-,22+/m1/s1. The molecule has 7 nitrogen and oxygen atoms in total. The number of methoxy groups -OCH3 is 1. The number of aryl methyl sites for hydroxylation is 1. The molecule has 0 aliphatic carbocycles. The van der Waals surface area contributed by atoms with Gasteiger partial charge in [0.2, 0.25) is 0 Å². The van der Waals surface area contributed by atoms with Crippen LogP contribution in [0.15, 0.2) is 30.3 Å². The Morgan fingerprint density at radius 2 is 1.88 bits per heavy atom. The highest BCUT2D eigenvalue weighted by Gasteiger charge is 2.47. The largest absolute Gasteiger partial charge is 0.416 e. The van der Waals surface area contributed by atoms with E-state index in [0.717, 1.165) is 12.1 Å². The number of hydrogen-bond donors (Lipinski definition) is 2.